The Balaban J connectivity index is 1.68. The highest BCUT2D eigenvalue weighted by Crippen LogP contribution is 2.27. The molecule has 4 rings (SSSR count). The summed E-state index contributed by atoms with van der Waals surface area (Å²) >= 11 is 0. The number of anilines is 1. The van der Waals surface area contributed by atoms with Crippen LogP contribution in [0.25, 0.3) is 0 Å². The maximum atomic E-state index is 13.9. The van der Waals surface area contributed by atoms with E-state index >= 15 is 0 Å². The summed E-state index contributed by atoms with van der Waals surface area (Å²) in [5.41, 5.74) is 0.345. The van der Waals surface area contributed by atoms with Crippen LogP contribution in [-0.2, 0) is 26.2 Å². The number of hydrogen-bond donors (Lipinski definition) is 1. The number of hydrogen-bond acceptors (Lipinski definition) is 6. The number of sulfonamides is 1. The number of carbonyl (C=O) groups excluding carboxylic acids is 2. The predicted octanol–water partition coefficient (Wildman–Crippen LogP) is 4.41. The number of nitrogens with zero attached hydrogens (tertiary/aromatic N) is 3. The van der Waals surface area contributed by atoms with Crippen molar-refractivity contribution in [3.05, 3.63) is 100 Å². The first kappa shape index (κ1) is 29.7. The first-order valence-electron chi connectivity index (χ1n) is 13.2. The Labute approximate surface area is 238 Å². The summed E-state index contributed by atoms with van der Waals surface area (Å²) in [7, 11) is -4.29. The average molecular weight is 583 g/mol. The van der Waals surface area contributed by atoms with E-state index in [2.05, 4.69) is 5.32 Å². The van der Waals surface area contributed by atoms with Gasteiger partial charge in [0.15, 0.2) is 0 Å². The molecule has 3 aromatic rings. The van der Waals surface area contributed by atoms with Gasteiger partial charge in [0, 0.05) is 24.7 Å². The van der Waals surface area contributed by atoms with Crippen LogP contribution in [0.1, 0.15) is 38.2 Å². The summed E-state index contributed by atoms with van der Waals surface area (Å²) < 4.78 is 41.9. The van der Waals surface area contributed by atoms with Gasteiger partial charge in [0.1, 0.15) is 18.4 Å². The number of rotatable bonds is 11. The predicted molar refractivity (Wildman–Crippen MR) is 151 cm³/mol. The fourth-order valence-corrected chi connectivity index (χ4v) is 6.19. The van der Waals surface area contributed by atoms with Crippen LogP contribution in [0.5, 0.6) is 0 Å². The third-order valence-electron chi connectivity index (χ3n) is 7.09. The second kappa shape index (κ2) is 12.9. The van der Waals surface area contributed by atoms with Gasteiger partial charge in [-0.15, -0.1) is 0 Å². The molecule has 3 aromatic carbocycles. The van der Waals surface area contributed by atoms with Crippen molar-refractivity contribution >= 4 is 33.2 Å². The lowest BCUT2D eigenvalue weighted by molar-refractivity contribution is -0.384. The van der Waals surface area contributed by atoms with Crippen LogP contribution in [0.4, 0.5) is 15.8 Å². The van der Waals surface area contributed by atoms with E-state index in [0.717, 1.165) is 42.1 Å². The second-order valence-electron chi connectivity index (χ2n) is 9.91. The van der Waals surface area contributed by atoms with Gasteiger partial charge in [-0.25, -0.2) is 12.8 Å². The number of amides is 2. The number of benzene rings is 3. The molecule has 216 valence electrons. The van der Waals surface area contributed by atoms with Gasteiger partial charge in [0.2, 0.25) is 11.8 Å². The van der Waals surface area contributed by atoms with E-state index in [4.69, 9.17) is 0 Å². The van der Waals surface area contributed by atoms with Gasteiger partial charge in [-0.3, -0.25) is 24.0 Å². The Morgan fingerprint density at radius 3 is 2.20 bits per heavy atom. The lowest BCUT2D eigenvalue weighted by atomic mass is 10.1. The van der Waals surface area contributed by atoms with E-state index in [1.54, 1.807) is 25.1 Å². The molecule has 10 nitrogen and oxygen atoms in total. The number of halogens is 1. The molecular weight excluding hydrogens is 551 g/mol. The topological polar surface area (TPSA) is 130 Å². The number of nitrogens with one attached hydrogen (secondary N) is 1. The third kappa shape index (κ3) is 7.26. The maximum Gasteiger partial charge on any atom is 0.269 e. The second-order valence-corrected chi connectivity index (χ2v) is 11.8. The molecule has 0 heterocycles. The van der Waals surface area contributed by atoms with Crippen LogP contribution in [0.3, 0.4) is 0 Å². The highest BCUT2D eigenvalue weighted by Gasteiger charge is 2.33. The Kier molecular flexibility index (Phi) is 9.33. The zero-order valence-electron chi connectivity index (χ0n) is 22.5. The van der Waals surface area contributed by atoms with Crippen LogP contribution < -0.4 is 9.62 Å². The Morgan fingerprint density at radius 2 is 1.61 bits per heavy atom. The molecule has 1 N–H and O–H groups in total. The van der Waals surface area contributed by atoms with E-state index in [1.165, 1.54) is 53.4 Å². The van der Waals surface area contributed by atoms with Gasteiger partial charge in [-0.2, -0.15) is 0 Å². The molecule has 1 atom stereocenters. The molecule has 0 unspecified atom stereocenters. The Hall–Kier alpha value is -4.32. The molecule has 0 bridgehead atoms. The summed E-state index contributed by atoms with van der Waals surface area (Å²) in [6.45, 7) is 0.808. The van der Waals surface area contributed by atoms with Crippen molar-refractivity contribution in [2.24, 2.45) is 0 Å². The Morgan fingerprint density at radius 1 is 1.00 bits per heavy atom. The largest absolute Gasteiger partial charge is 0.352 e. The minimum atomic E-state index is -4.29. The van der Waals surface area contributed by atoms with Gasteiger partial charge in [-0.05, 0) is 61.7 Å². The van der Waals surface area contributed by atoms with E-state index < -0.39 is 39.3 Å². The van der Waals surface area contributed by atoms with Crippen LogP contribution in [0.15, 0.2) is 83.8 Å². The molecule has 0 aliphatic heterocycles. The molecule has 2 amide bonds. The summed E-state index contributed by atoms with van der Waals surface area (Å²) in [6, 6.07) is 16.8. The summed E-state index contributed by atoms with van der Waals surface area (Å²) in [5, 5.41) is 14.2. The molecule has 12 heteroatoms. The zero-order chi connectivity index (χ0) is 29.6. The fraction of sp³-hybridized carbons (Fsp3) is 0.310. The fourth-order valence-electron chi connectivity index (χ4n) is 4.75. The van der Waals surface area contributed by atoms with Gasteiger partial charge in [-0.1, -0.05) is 43.2 Å². The Bertz CT molecular complexity index is 1480. The van der Waals surface area contributed by atoms with Crippen molar-refractivity contribution in [3.63, 3.8) is 0 Å². The van der Waals surface area contributed by atoms with Crippen LogP contribution in [-0.4, -0.2) is 48.7 Å². The first-order chi connectivity index (χ1) is 19.6. The minimum Gasteiger partial charge on any atom is -0.352 e. The molecule has 1 aliphatic carbocycles. The maximum absolute atomic E-state index is 13.9. The lowest BCUT2D eigenvalue weighted by Gasteiger charge is -2.32. The number of carbonyl (C=O) groups is 2. The zero-order valence-corrected chi connectivity index (χ0v) is 23.3. The molecule has 0 radical (unpaired) electrons. The highest BCUT2D eigenvalue weighted by atomic mass is 32.2. The smallest absolute Gasteiger partial charge is 0.269 e. The third-order valence-corrected chi connectivity index (χ3v) is 8.88. The van der Waals surface area contributed by atoms with Crippen molar-refractivity contribution in [2.75, 3.05) is 10.8 Å². The molecule has 0 aromatic heterocycles. The van der Waals surface area contributed by atoms with Gasteiger partial charge < -0.3 is 10.2 Å². The molecular formula is C29H31FN4O6S. The molecule has 41 heavy (non-hydrogen) atoms. The van der Waals surface area contributed by atoms with E-state index in [-0.39, 0.29) is 34.8 Å². The summed E-state index contributed by atoms with van der Waals surface area (Å²) in [5.74, 6) is -1.52. The molecule has 0 saturated heterocycles. The quantitative estimate of drug-likeness (QED) is 0.263. The van der Waals surface area contributed by atoms with E-state index in [1.807, 2.05) is 0 Å². The van der Waals surface area contributed by atoms with Crippen molar-refractivity contribution in [1.29, 1.82) is 0 Å². The monoisotopic (exact) mass is 582 g/mol. The van der Waals surface area contributed by atoms with E-state index in [9.17, 15) is 32.5 Å². The normalized spacial score (nSPS) is 14.3. The molecule has 1 saturated carbocycles. The van der Waals surface area contributed by atoms with E-state index in [0.29, 0.717) is 5.56 Å². The molecule has 1 fully saturated rings. The van der Waals surface area contributed by atoms with Crippen LogP contribution >= 0.6 is 0 Å². The number of nitro benzene ring substituents is 1. The average Bonchev–Trinajstić information content (AvgIpc) is 3.48. The lowest BCUT2D eigenvalue weighted by Crippen LogP contribution is -2.52. The first-order valence-corrected chi connectivity index (χ1v) is 14.7. The SMILES string of the molecule is C[C@@H](C(=O)NC1CCCC1)N(Cc1ccc(F)cc1)C(=O)CN(c1ccc([N+](=O)[O-])cc1)S(=O)(=O)c1ccccc1. The van der Waals surface area contributed by atoms with Crippen LogP contribution in [0, 0.1) is 15.9 Å². The van der Waals surface area contributed by atoms with Gasteiger partial charge in [0.05, 0.1) is 15.5 Å². The van der Waals surface area contributed by atoms with Crippen molar-refractivity contribution in [3.8, 4) is 0 Å². The van der Waals surface area contributed by atoms with Gasteiger partial charge >= 0.3 is 0 Å². The minimum absolute atomic E-state index is 0.00258. The number of non-ortho nitro benzene ring substituents is 1. The number of nitro groups is 1. The highest BCUT2D eigenvalue weighted by molar-refractivity contribution is 7.92. The van der Waals surface area contributed by atoms with Crippen LogP contribution in [0.2, 0.25) is 0 Å². The van der Waals surface area contributed by atoms with Gasteiger partial charge in [0.25, 0.3) is 15.7 Å². The summed E-state index contributed by atoms with van der Waals surface area (Å²) in [4.78, 5) is 38.8. The standard InChI is InChI=1S/C29H31FN4O6S/c1-21(29(36)31-24-7-5-6-8-24)32(19-22-11-13-23(30)14-12-22)28(35)20-33(25-15-17-26(18-16-25)34(37)38)41(39,40)27-9-3-2-4-10-27/h2-4,9-18,21,24H,5-8,19-20H2,1H3,(H,31,36)/t21-/m0/s1. The van der Waals surface area contributed by atoms with Crippen molar-refractivity contribution in [1.82, 2.24) is 10.2 Å². The summed E-state index contributed by atoms with van der Waals surface area (Å²) in [6.07, 6.45) is 3.68. The molecule has 0 spiro atoms. The molecule has 1 aliphatic rings. The van der Waals surface area contributed by atoms with Crippen molar-refractivity contribution in [2.45, 2.75) is 56.1 Å². The van der Waals surface area contributed by atoms with Crippen molar-refractivity contribution < 1.29 is 27.3 Å².